The molecule has 0 unspecified atom stereocenters. The summed E-state index contributed by atoms with van der Waals surface area (Å²) < 4.78 is 5.97. The minimum atomic E-state index is -0.204. The largest absolute Gasteiger partial charge is 0.507 e. The highest BCUT2D eigenvalue weighted by Crippen LogP contribution is 2.42. The van der Waals surface area contributed by atoms with Crippen LogP contribution in [0.1, 0.15) is 130 Å². The van der Waals surface area contributed by atoms with Gasteiger partial charge in [0.2, 0.25) is 0 Å². The first-order valence-corrected chi connectivity index (χ1v) is 16.8. The monoisotopic (exact) mass is 636 g/mol. The van der Waals surface area contributed by atoms with Crippen molar-refractivity contribution in [2.75, 3.05) is 6.61 Å². The first-order chi connectivity index (χ1) is 21.8. The van der Waals surface area contributed by atoms with Gasteiger partial charge in [-0.3, -0.25) is 0 Å². The van der Waals surface area contributed by atoms with E-state index in [9.17, 15) is 20.4 Å². The van der Waals surface area contributed by atoms with Gasteiger partial charge in [0.25, 0.3) is 0 Å². The Morgan fingerprint density at radius 1 is 0.426 bits per heavy atom. The second-order valence-corrected chi connectivity index (χ2v) is 16.4. The molecule has 4 aromatic rings. The van der Waals surface area contributed by atoms with Gasteiger partial charge in [0.05, 0.1) is 6.61 Å². The van der Waals surface area contributed by atoms with Gasteiger partial charge in [0, 0.05) is 36.8 Å². The molecule has 0 atom stereocenters. The molecule has 8 bridgehead atoms. The Labute approximate surface area is 280 Å². The summed E-state index contributed by atoms with van der Waals surface area (Å²) in [5.74, 6) is 1.26. The number of phenols is 4. The van der Waals surface area contributed by atoms with E-state index in [2.05, 4.69) is 62.3 Å². The van der Waals surface area contributed by atoms with Gasteiger partial charge < -0.3 is 25.2 Å². The van der Waals surface area contributed by atoms with E-state index in [0.717, 1.165) is 27.8 Å². The number of fused-ring (bicyclic) bond motifs is 8. The molecule has 5 rings (SSSR count). The molecule has 1 aliphatic carbocycles. The summed E-state index contributed by atoms with van der Waals surface area (Å²) in [5.41, 5.74) is 8.13. The van der Waals surface area contributed by atoms with Gasteiger partial charge in [-0.15, -0.1) is 0 Å². The average molecular weight is 637 g/mol. The normalized spacial score (nSPS) is 13.8. The minimum Gasteiger partial charge on any atom is -0.507 e. The zero-order valence-electron chi connectivity index (χ0n) is 29.9. The van der Waals surface area contributed by atoms with Gasteiger partial charge in [0.15, 0.2) is 0 Å². The van der Waals surface area contributed by atoms with Crippen LogP contribution < -0.4 is 4.74 Å². The van der Waals surface area contributed by atoms with E-state index in [1.807, 2.05) is 55.5 Å². The molecule has 0 saturated carbocycles. The zero-order valence-corrected chi connectivity index (χ0v) is 29.9. The van der Waals surface area contributed by atoms with Crippen LogP contribution in [0.5, 0.6) is 28.7 Å². The summed E-state index contributed by atoms with van der Waals surface area (Å²) >= 11 is 0. The smallest absolute Gasteiger partial charge is 0.122 e. The highest BCUT2D eigenvalue weighted by molar-refractivity contribution is 5.59. The van der Waals surface area contributed by atoms with Gasteiger partial charge in [-0.1, -0.05) is 98.7 Å². The molecule has 250 valence electrons. The number of rotatable bonds is 2. The maximum Gasteiger partial charge on any atom is 0.122 e. The van der Waals surface area contributed by atoms with Crippen LogP contribution in [0.3, 0.4) is 0 Å². The van der Waals surface area contributed by atoms with Crippen molar-refractivity contribution in [2.45, 2.75) is 111 Å². The number of ether oxygens (including phenoxy) is 1. The lowest BCUT2D eigenvalue weighted by molar-refractivity contribution is 0.338. The van der Waals surface area contributed by atoms with E-state index < -0.39 is 0 Å². The molecule has 1 aliphatic rings. The van der Waals surface area contributed by atoms with Crippen molar-refractivity contribution in [3.63, 3.8) is 0 Å². The fourth-order valence-corrected chi connectivity index (χ4v) is 6.46. The Morgan fingerprint density at radius 2 is 0.638 bits per heavy atom. The van der Waals surface area contributed by atoms with Gasteiger partial charge >= 0.3 is 0 Å². The summed E-state index contributed by atoms with van der Waals surface area (Å²) in [6, 6.07) is 15.9. The molecule has 0 spiro atoms. The Bertz CT molecular complexity index is 1710. The molecule has 0 heterocycles. The van der Waals surface area contributed by atoms with E-state index in [4.69, 9.17) is 4.74 Å². The van der Waals surface area contributed by atoms with Crippen molar-refractivity contribution >= 4 is 0 Å². The van der Waals surface area contributed by atoms with Gasteiger partial charge in [-0.25, -0.2) is 0 Å². The minimum absolute atomic E-state index is 0.127. The fraction of sp³-hybridized carbons (Fsp3) is 0.429. The SMILES string of the molecule is CCOc1cc2c(O)c(c1)Cc1cc(C(C)(C)C)cc(c1O)Cc1cc(C(C)(C)C)cc(c1O)Cc1cc(C(C)(C)C)cc(c1O)C2. The summed E-state index contributed by atoms with van der Waals surface area (Å²) in [5, 5.41) is 47.2. The quantitative estimate of drug-likeness (QED) is 0.155. The van der Waals surface area contributed by atoms with Crippen molar-refractivity contribution in [1.82, 2.24) is 0 Å². The highest BCUT2D eigenvalue weighted by Gasteiger charge is 2.26. The van der Waals surface area contributed by atoms with Crippen molar-refractivity contribution in [2.24, 2.45) is 0 Å². The lowest BCUT2D eigenvalue weighted by Gasteiger charge is -2.26. The van der Waals surface area contributed by atoms with E-state index in [-0.39, 0.29) is 52.1 Å². The van der Waals surface area contributed by atoms with Crippen LogP contribution in [0.15, 0.2) is 48.5 Å². The maximum absolute atomic E-state index is 11.9. The Hall–Kier alpha value is -4.12. The Morgan fingerprint density at radius 3 is 0.830 bits per heavy atom. The van der Waals surface area contributed by atoms with Crippen LogP contribution in [0.2, 0.25) is 0 Å². The van der Waals surface area contributed by atoms with E-state index >= 15 is 0 Å². The molecular formula is C42H52O5. The summed E-state index contributed by atoms with van der Waals surface area (Å²) in [4.78, 5) is 0. The third-order valence-electron chi connectivity index (χ3n) is 9.48. The van der Waals surface area contributed by atoms with Crippen molar-refractivity contribution in [3.8, 4) is 28.7 Å². The van der Waals surface area contributed by atoms with Crippen LogP contribution in [-0.4, -0.2) is 27.0 Å². The van der Waals surface area contributed by atoms with Crippen LogP contribution in [0.4, 0.5) is 0 Å². The highest BCUT2D eigenvalue weighted by atomic mass is 16.5. The summed E-state index contributed by atoms with van der Waals surface area (Å²) in [6.45, 7) is 21.7. The molecule has 0 fully saturated rings. The van der Waals surface area contributed by atoms with Crippen molar-refractivity contribution < 1.29 is 25.2 Å². The molecular weight excluding hydrogens is 584 g/mol. The Balaban J connectivity index is 1.87. The molecule has 5 nitrogen and oxygen atoms in total. The molecule has 0 aromatic heterocycles. The summed E-state index contributed by atoms with van der Waals surface area (Å²) in [7, 11) is 0. The lowest BCUT2D eigenvalue weighted by Crippen LogP contribution is -2.15. The number of hydrogen-bond acceptors (Lipinski definition) is 5. The van der Waals surface area contributed by atoms with Gasteiger partial charge in [0.1, 0.15) is 28.7 Å². The molecule has 0 aliphatic heterocycles. The van der Waals surface area contributed by atoms with Crippen molar-refractivity contribution in [3.05, 3.63) is 110 Å². The Kier molecular flexibility index (Phi) is 8.85. The second kappa shape index (κ2) is 12.2. The van der Waals surface area contributed by atoms with E-state index in [1.165, 1.54) is 0 Å². The first-order valence-electron chi connectivity index (χ1n) is 16.8. The average Bonchev–Trinajstić information content (AvgIpc) is 2.94. The number of hydrogen-bond donors (Lipinski definition) is 4. The van der Waals surface area contributed by atoms with E-state index in [0.29, 0.717) is 58.6 Å². The number of aromatic hydroxyl groups is 4. The molecule has 4 aromatic carbocycles. The predicted octanol–water partition coefficient (Wildman–Crippen LogP) is 9.48. The maximum atomic E-state index is 11.9. The van der Waals surface area contributed by atoms with E-state index in [1.54, 1.807) is 0 Å². The number of phenolic OH excluding ortho intramolecular Hbond substituents is 4. The molecule has 0 amide bonds. The van der Waals surface area contributed by atoms with Gasteiger partial charge in [-0.05, 0) is 85.4 Å². The van der Waals surface area contributed by atoms with Crippen molar-refractivity contribution in [1.29, 1.82) is 0 Å². The molecule has 0 radical (unpaired) electrons. The fourth-order valence-electron chi connectivity index (χ4n) is 6.46. The lowest BCUT2D eigenvalue weighted by atomic mass is 9.80. The van der Waals surface area contributed by atoms with Crippen LogP contribution in [0.25, 0.3) is 0 Å². The standard InChI is InChI=1S/C42H52O5/c1-11-47-35-22-30-14-28-20-33(41(5,6)7)18-26(37(28)44)12-24-16-32(40(2,3)4)17-25(36(24)43)13-27-19-34(42(8,9)10)21-29(38(27)45)15-31(23-35)39(30)46/h16-23,43-46H,11-15H2,1-10H3. The summed E-state index contributed by atoms with van der Waals surface area (Å²) in [6.07, 6.45) is 1.20. The predicted molar refractivity (Wildman–Crippen MR) is 191 cm³/mol. The third-order valence-corrected chi connectivity index (χ3v) is 9.48. The molecule has 5 heteroatoms. The van der Waals surface area contributed by atoms with Crippen LogP contribution >= 0.6 is 0 Å². The third kappa shape index (κ3) is 7.10. The molecule has 4 N–H and O–H groups in total. The molecule has 47 heavy (non-hydrogen) atoms. The second-order valence-electron chi connectivity index (χ2n) is 16.4. The van der Waals surface area contributed by atoms with Gasteiger partial charge in [-0.2, -0.15) is 0 Å². The topological polar surface area (TPSA) is 90.2 Å². The van der Waals surface area contributed by atoms with Crippen LogP contribution in [0, 0.1) is 0 Å². The first kappa shape index (κ1) is 34.2. The van der Waals surface area contributed by atoms with Crippen LogP contribution in [-0.2, 0) is 41.9 Å². The number of benzene rings is 4. The zero-order chi connectivity index (χ0) is 34.6. The molecule has 0 saturated heterocycles.